The Morgan fingerprint density at radius 1 is 1.21 bits per heavy atom. The highest BCUT2D eigenvalue weighted by molar-refractivity contribution is 5.48. The minimum absolute atomic E-state index is 0.194. The molecular weight excluding hydrogens is 178 g/mol. The SMILES string of the molecule is OC(O)CNCC=Cc1ccccc1. The highest BCUT2D eigenvalue weighted by Crippen LogP contribution is 1.99. The van der Waals surface area contributed by atoms with E-state index in [0.29, 0.717) is 6.54 Å². The van der Waals surface area contributed by atoms with E-state index in [1.54, 1.807) is 0 Å². The van der Waals surface area contributed by atoms with Gasteiger partial charge in [-0.1, -0.05) is 42.5 Å². The van der Waals surface area contributed by atoms with Crippen LogP contribution >= 0.6 is 0 Å². The maximum atomic E-state index is 8.54. The summed E-state index contributed by atoms with van der Waals surface area (Å²) in [5.41, 5.74) is 1.14. The number of nitrogens with one attached hydrogen (secondary N) is 1. The summed E-state index contributed by atoms with van der Waals surface area (Å²) in [6.45, 7) is 0.825. The zero-order chi connectivity index (χ0) is 10.2. The van der Waals surface area contributed by atoms with Gasteiger partial charge >= 0.3 is 0 Å². The third-order valence-electron chi connectivity index (χ3n) is 1.70. The predicted molar refractivity (Wildman–Crippen MR) is 56.6 cm³/mol. The van der Waals surface area contributed by atoms with Crippen LogP contribution in [0.3, 0.4) is 0 Å². The van der Waals surface area contributed by atoms with Gasteiger partial charge in [-0.15, -0.1) is 0 Å². The molecule has 0 saturated heterocycles. The Morgan fingerprint density at radius 2 is 1.93 bits per heavy atom. The molecule has 3 N–H and O–H groups in total. The van der Waals surface area contributed by atoms with E-state index in [2.05, 4.69) is 5.32 Å². The first-order valence-electron chi connectivity index (χ1n) is 4.57. The molecule has 76 valence electrons. The topological polar surface area (TPSA) is 52.5 Å². The Morgan fingerprint density at radius 3 is 2.57 bits per heavy atom. The van der Waals surface area contributed by atoms with E-state index >= 15 is 0 Å². The normalized spacial score (nSPS) is 11.4. The summed E-state index contributed by atoms with van der Waals surface area (Å²) in [7, 11) is 0. The molecule has 0 atom stereocenters. The number of hydrogen-bond donors (Lipinski definition) is 3. The molecule has 0 unspecified atom stereocenters. The highest BCUT2D eigenvalue weighted by atomic mass is 16.5. The second-order valence-electron chi connectivity index (χ2n) is 2.95. The number of aliphatic hydroxyl groups is 2. The van der Waals surface area contributed by atoms with E-state index in [1.165, 1.54) is 0 Å². The van der Waals surface area contributed by atoms with Gasteiger partial charge in [0.1, 0.15) is 0 Å². The van der Waals surface area contributed by atoms with Crippen molar-refractivity contribution in [2.75, 3.05) is 13.1 Å². The maximum absolute atomic E-state index is 8.54. The molecule has 0 aromatic heterocycles. The van der Waals surface area contributed by atoms with Crippen molar-refractivity contribution in [1.82, 2.24) is 5.32 Å². The Balaban J connectivity index is 2.21. The standard InChI is InChI=1S/C11H15NO2/c13-11(14)9-12-8-4-7-10-5-2-1-3-6-10/h1-7,11-14H,8-9H2. The van der Waals surface area contributed by atoms with Crippen LogP contribution in [0.5, 0.6) is 0 Å². The van der Waals surface area contributed by atoms with Gasteiger partial charge in [-0.3, -0.25) is 0 Å². The summed E-state index contributed by atoms with van der Waals surface area (Å²) in [5.74, 6) is 0. The molecule has 1 aromatic rings. The van der Waals surface area contributed by atoms with Gasteiger partial charge in [-0.05, 0) is 5.56 Å². The molecular formula is C11H15NO2. The fraction of sp³-hybridized carbons (Fsp3) is 0.273. The van der Waals surface area contributed by atoms with Gasteiger partial charge in [-0.25, -0.2) is 0 Å². The lowest BCUT2D eigenvalue weighted by Crippen LogP contribution is -2.26. The van der Waals surface area contributed by atoms with Gasteiger partial charge in [-0.2, -0.15) is 0 Å². The lowest BCUT2D eigenvalue weighted by molar-refractivity contribution is -0.0365. The minimum Gasteiger partial charge on any atom is -0.367 e. The zero-order valence-corrected chi connectivity index (χ0v) is 7.93. The number of hydrogen-bond acceptors (Lipinski definition) is 3. The molecule has 1 aromatic carbocycles. The number of aliphatic hydroxyl groups excluding tert-OH is 1. The fourth-order valence-corrected chi connectivity index (χ4v) is 1.05. The van der Waals surface area contributed by atoms with Gasteiger partial charge in [0.05, 0.1) is 0 Å². The molecule has 1 rings (SSSR count). The first-order valence-corrected chi connectivity index (χ1v) is 4.57. The van der Waals surface area contributed by atoms with Crippen LogP contribution in [0, 0.1) is 0 Å². The molecule has 0 bridgehead atoms. The van der Waals surface area contributed by atoms with Gasteiger partial charge in [0.25, 0.3) is 0 Å². The average molecular weight is 193 g/mol. The molecule has 0 aliphatic heterocycles. The van der Waals surface area contributed by atoms with Crippen molar-refractivity contribution in [3.8, 4) is 0 Å². The molecule has 0 amide bonds. The molecule has 0 spiro atoms. The van der Waals surface area contributed by atoms with E-state index in [4.69, 9.17) is 10.2 Å². The first-order chi connectivity index (χ1) is 6.79. The first kappa shape index (κ1) is 10.9. The summed E-state index contributed by atoms with van der Waals surface area (Å²) in [6.07, 6.45) is 2.65. The van der Waals surface area contributed by atoms with E-state index < -0.39 is 6.29 Å². The molecule has 14 heavy (non-hydrogen) atoms. The van der Waals surface area contributed by atoms with Crippen LogP contribution in [0.25, 0.3) is 6.08 Å². The van der Waals surface area contributed by atoms with E-state index in [0.717, 1.165) is 5.56 Å². The lowest BCUT2D eigenvalue weighted by Gasteiger charge is -2.02. The molecule has 0 aliphatic rings. The Bertz CT molecular complexity index is 270. The van der Waals surface area contributed by atoms with Gasteiger partial charge in [0.15, 0.2) is 6.29 Å². The van der Waals surface area contributed by atoms with Crippen LogP contribution in [-0.4, -0.2) is 29.6 Å². The predicted octanol–water partition coefficient (Wildman–Crippen LogP) is 0.600. The van der Waals surface area contributed by atoms with Crippen LogP contribution in [0.1, 0.15) is 5.56 Å². The summed E-state index contributed by atoms with van der Waals surface area (Å²) in [4.78, 5) is 0. The van der Waals surface area contributed by atoms with Crippen LogP contribution < -0.4 is 5.32 Å². The van der Waals surface area contributed by atoms with Crippen LogP contribution in [-0.2, 0) is 0 Å². The van der Waals surface area contributed by atoms with Gasteiger partial charge in [0.2, 0.25) is 0 Å². The Kier molecular flexibility index (Phi) is 4.93. The molecule has 0 saturated carbocycles. The highest BCUT2D eigenvalue weighted by Gasteiger charge is 1.92. The smallest absolute Gasteiger partial charge is 0.164 e. The average Bonchev–Trinajstić information content (AvgIpc) is 2.18. The summed E-state index contributed by atoms with van der Waals surface area (Å²) in [5, 5.41) is 19.9. The van der Waals surface area contributed by atoms with Crippen LogP contribution in [0.15, 0.2) is 36.4 Å². The third-order valence-corrected chi connectivity index (χ3v) is 1.70. The zero-order valence-electron chi connectivity index (χ0n) is 7.93. The number of rotatable bonds is 5. The quantitative estimate of drug-likeness (QED) is 0.474. The molecule has 0 aliphatic carbocycles. The molecule has 0 heterocycles. The van der Waals surface area contributed by atoms with Crippen LogP contribution in [0.2, 0.25) is 0 Å². The van der Waals surface area contributed by atoms with Crippen molar-refractivity contribution in [3.05, 3.63) is 42.0 Å². The summed E-state index contributed by atoms with van der Waals surface area (Å²) in [6, 6.07) is 9.95. The van der Waals surface area contributed by atoms with Crippen molar-refractivity contribution in [2.45, 2.75) is 6.29 Å². The summed E-state index contributed by atoms with van der Waals surface area (Å²) >= 11 is 0. The monoisotopic (exact) mass is 193 g/mol. The summed E-state index contributed by atoms with van der Waals surface area (Å²) < 4.78 is 0. The van der Waals surface area contributed by atoms with E-state index in [-0.39, 0.29) is 6.54 Å². The van der Waals surface area contributed by atoms with Gasteiger partial charge in [0, 0.05) is 13.1 Å². The van der Waals surface area contributed by atoms with Crippen molar-refractivity contribution in [2.24, 2.45) is 0 Å². The Hall–Kier alpha value is -1.16. The third kappa shape index (κ3) is 4.77. The van der Waals surface area contributed by atoms with Crippen molar-refractivity contribution in [1.29, 1.82) is 0 Å². The number of benzene rings is 1. The van der Waals surface area contributed by atoms with E-state index in [9.17, 15) is 0 Å². The molecule has 3 nitrogen and oxygen atoms in total. The van der Waals surface area contributed by atoms with E-state index in [1.807, 2.05) is 42.5 Å². The van der Waals surface area contributed by atoms with Crippen molar-refractivity contribution < 1.29 is 10.2 Å². The molecule has 0 fully saturated rings. The fourth-order valence-electron chi connectivity index (χ4n) is 1.05. The maximum Gasteiger partial charge on any atom is 0.164 e. The molecule has 0 radical (unpaired) electrons. The van der Waals surface area contributed by atoms with Crippen molar-refractivity contribution in [3.63, 3.8) is 0 Å². The molecule has 3 heteroatoms. The second-order valence-corrected chi connectivity index (χ2v) is 2.95. The van der Waals surface area contributed by atoms with Gasteiger partial charge < -0.3 is 15.5 Å². The van der Waals surface area contributed by atoms with Crippen LogP contribution in [0.4, 0.5) is 0 Å². The lowest BCUT2D eigenvalue weighted by atomic mass is 10.2. The second kappa shape index (κ2) is 6.32. The largest absolute Gasteiger partial charge is 0.367 e. The minimum atomic E-state index is -1.28. The Labute approximate surface area is 83.7 Å². The van der Waals surface area contributed by atoms with Crippen molar-refractivity contribution >= 4 is 6.08 Å².